The van der Waals surface area contributed by atoms with Crippen molar-refractivity contribution in [3.63, 3.8) is 0 Å². The number of nitrogens with zero attached hydrogens (tertiary/aromatic N) is 2. The lowest BCUT2D eigenvalue weighted by atomic mass is 10.1. The monoisotopic (exact) mass is 389 g/mol. The molecule has 0 fully saturated rings. The van der Waals surface area contributed by atoms with Crippen LogP contribution in [0.15, 0.2) is 65.8 Å². The molecule has 3 rings (SSSR count). The summed E-state index contributed by atoms with van der Waals surface area (Å²) in [5.41, 5.74) is 7.66. The second-order valence-electron chi connectivity index (χ2n) is 6.66. The quantitative estimate of drug-likeness (QED) is 0.398. The molecule has 0 aliphatic heterocycles. The molecule has 1 amide bonds. The summed E-state index contributed by atoms with van der Waals surface area (Å²) in [4.78, 5) is 23.9. The van der Waals surface area contributed by atoms with Crippen molar-refractivity contribution in [2.75, 3.05) is 7.11 Å². The lowest BCUT2D eigenvalue weighted by Crippen LogP contribution is -2.19. The molecule has 3 aromatic rings. The van der Waals surface area contributed by atoms with Gasteiger partial charge in [0.05, 0.1) is 25.3 Å². The molecule has 0 aliphatic rings. The SMILES string of the molecule is COC(=O)c1cccc(-n2c(C)cc(/C=N/NC(=O)Cc3ccccc3)c2C)c1. The van der Waals surface area contributed by atoms with Gasteiger partial charge in [-0.25, -0.2) is 10.2 Å². The zero-order chi connectivity index (χ0) is 20.8. The summed E-state index contributed by atoms with van der Waals surface area (Å²) in [5, 5.41) is 4.09. The average Bonchev–Trinajstić information content (AvgIpc) is 3.01. The highest BCUT2D eigenvalue weighted by molar-refractivity contribution is 5.90. The van der Waals surface area contributed by atoms with E-state index in [9.17, 15) is 9.59 Å². The number of methoxy groups -OCH3 is 1. The van der Waals surface area contributed by atoms with E-state index in [4.69, 9.17) is 4.74 Å². The molecule has 0 atom stereocenters. The lowest BCUT2D eigenvalue weighted by molar-refractivity contribution is -0.120. The molecule has 0 aliphatic carbocycles. The van der Waals surface area contributed by atoms with Crippen molar-refractivity contribution in [2.45, 2.75) is 20.3 Å². The van der Waals surface area contributed by atoms with Crippen molar-refractivity contribution in [3.05, 3.63) is 88.7 Å². The standard InChI is InChI=1S/C23H23N3O3/c1-16-12-20(15-24-25-22(27)13-18-8-5-4-6-9-18)17(2)26(16)21-11-7-10-19(14-21)23(28)29-3/h4-12,14-15H,13H2,1-3H3,(H,25,27)/b24-15+. The number of benzene rings is 2. The minimum atomic E-state index is -0.378. The summed E-state index contributed by atoms with van der Waals surface area (Å²) in [7, 11) is 1.36. The van der Waals surface area contributed by atoms with Crippen molar-refractivity contribution >= 4 is 18.1 Å². The molecule has 0 unspecified atom stereocenters. The summed E-state index contributed by atoms with van der Waals surface area (Å²) >= 11 is 0. The Labute approximate surface area is 169 Å². The van der Waals surface area contributed by atoms with Gasteiger partial charge in [0.15, 0.2) is 0 Å². The predicted octanol–water partition coefficient (Wildman–Crippen LogP) is 3.57. The minimum absolute atomic E-state index is 0.174. The molecule has 6 nitrogen and oxygen atoms in total. The molecule has 29 heavy (non-hydrogen) atoms. The summed E-state index contributed by atoms with van der Waals surface area (Å²) in [6.45, 7) is 3.94. The molecule has 0 bridgehead atoms. The fourth-order valence-electron chi connectivity index (χ4n) is 3.20. The Morgan fingerprint density at radius 1 is 1.07 bits per heavy atom. The van der Waals surface area contributed by atoms with Crippen LogP contribution < -0.4 is 5.43 Å². The summed E-state index contributed by atoms with van der Waals surface area (Å²) in [6, 6.07) is 18.7. The average molecular weight is 389 g/mol. The maximum absolute atomic E-state index is 12.0. The molecule has 1 heterocycles. The van der Waals surface area contributed by atoms with Gasteiger partial charge in [-0.3, -0.25) is 4.79 Å². The zero-order valence-electron chi connectivity index (χ0n) is 16.7. The molecule has 2 aromatic carbocycles. The Bertz CT molecular complexity index is 1050. The Morgan fingerprint density at radius 3 is 2.55 bits per heavy atom. The van der Waals surface area contributed by atoms with Crippen LogP contribution in [0.25, 0.3) is 5.69 Å². The highest BCUT2D eigenvalue weighted by Crippen LogP contribution is 2.21. The maximum Gasteiger partial charge on any atom is 0.337 e. The number of aryl methyl sites for hydroxylation is 1. The molecule has 1 N–H and O–H groups in total. The second kappa shape index (κ2) is 9.01. The van der Waals surface area contributed by atoms with Gasteiger partial charge in [0, 0.05) is 22.6 Å². The number of hydrazone groups is 1. The number of ether oxygens (including phenoxy) is 1. The molecular weight excluding hydrogens is 366 g/mol. The summed E-state index contributed by atoms with van der Waals surface area (Å²) < 4.78 is 6.83. The number of hydrogen-bond acceptors (Lipinski definition) is 4. The third-order valence-corrected chi connectivity index (χ3v) is 4.60. The normalized spacial score (nSPS) is 10.9. The van der Waals surface area contributed by atoms with Gasteiger partial charge in [-0.1, -0.05) is 36.4 Å². The summed E-state index contributed by atoms with van der Waals surface area (Å²) in [6.07, 6.45) is 1.91. The van der Waals surface area contributed by atoms with Crippen LogP contribution in [0, 0.1) is 13.8 Å². The highest BCUT2D eigenvalue weighted by atomic mass is 16.5. The fourth-order valence-corrected chi connectivity index (χ4v) is 3.20. The number of carbonyl (C=O) groups excluding carboxylic acids is 2. The number of amides is 1. The van der Waals surface area contributed by atoms with Gasteiger partial charge in [-0.2, -0.15) is 5.10 Å². The number of rotatable bonds is 6. The van der Waals surface area contributed by atoms with E-state index in [0.717, 1.165) is 28.2 Å². The number of hydrogen-bond donors (Lipinski definition) is 1. The first-order valence-corrected chi connectivity index (χ1v) is 9.23. The topological polar surface area (TPSA) is 72.7 Å². The van der Waals surface area contributed by atoms with E-state index in [1.807, 2.05) is 66.9 Å². The van der Waals surface area contributed by atoms with E-state index in [0.29, 0.717) is 5.56 Å². The highest BCUT2D eigenvalue weighted by Gasteiger charge is 2.12. The molecule has 0 radical (unpaired) electrons. The Balaban J connectivity index is 1.75. The van der Waals surface area contributed by atoms with Gasteiger partial charge in [-0.15, -0.1) is 0 Å². The number of esters is 1. The van der Waals surface area contributed by atoms with Crippen LogP contribution >= 0.6 is 0 Å². The van der Waals surface area contributed by atoms with Gasteiger partial charge in [-0.05, 0) is 43.7 Å². The van der Waals surface area contributed by atoms with Crippen molar-refractivity contribution in [1.82, 2.24) is 9.99 Å². The fraction of sp³-hybridized carbons (Fsp3) is 0.174. The van der Waals surface area contributed by atoms with Crippen LogP contribution in [0.4, 0.5) is 0 Å². The van der Waals surface area contributed by atoms with Crippen molar-refractivity contribution < 1.29 is 14.3 Å². The van der Waals surface area contributed by atoms with Crippen LogP contribution in [0.5, 0.6) is 0 Å². The summed E-state index contributed by atoms with van der Waals surface area (Å²) in [5.74, 6) is -0.552. The van der Waals surface area contributed by atoms with Crippen LogP contribution in [0.3, 0.4) is 0 Å². The zero-order valence-corrected chi connectivity index (χ0v) is 16.7. The molecular formula is C23H23N3O3. The lowest BCUT2D eigenvalue weighted by Gasteiger charge is -2.10. The van der Waals surface area contributed by atoms with E-state index in [2.05, 4.69) is 10.5 Å². The first kappa shape index (κ1) is 20.1. The Morgan fingerprint density at radius 2 is 1.83 bits per heavy atom. The molecule has 6 heteroatoms. The van der Waals surface area contributed by atoms with Gasteiger partial charge in [0.2, 0.25) is 5.91 Å². The van der Waals surface area contributed by atoms with Crippen LogP contribution in [0.1, 0.15) is 32.9 Å². The van der Waals surface area contributed by atoms with Gasteiger partial charge in [0.25, 0.3) is 0 Å². The smallest absolute Gasteiger partial charge is 0.337 e. The first-order chi connectivity index (χ1) is 14.0. The largest absolute Gasteiger partial charge is 0.465 e. The van der Waals surface area contributed by atoms with E-state index in [1.54, 1.807) is 18.3 Å². The molecule has 148 valence electrons. The minimum Gasteiger partial charge on any atom is -0.465 e. The number of nitrogens with one attached hydrogen (secondary N) is 1. The van der Waals surface area contributed by atoms with Crippen LogP contribution in [-0.2, 0) is 16.0 Å². The van der Waals surface area contributed by atoms with E-state index < -0.39 is 0 Å². The first-order valence-electron chi connectivity index (χ1n) is 9.23. The van der Waals surface area contributed by atoms with Crippen molar-refractivity contribution in [1.29, 1.82) is 0 Å². The van der Waals surface area contributed by atoms with Gasteiger partial charge >= 0.3 is 5.97 Å². The maximum atomic E-state index is 12.0. The van der Waals surface area contributed by atoms with Crippen LogP contribution in [0.2, 0.25) is 0 Å². The third kappa shape index (κ3) is 4.79. The molecule has 0 saturated carbocycles. The van der Waals surface area contributed by atoms with E-state index >= 15 is 0 Å². The number of carbonyl (C=O) groups is 2. The van der Waals surface area contributed by atoms with Crippen molar-refractivity contribution in [2.24, 2.45) is 5.10 Å². The third-order valence-electron chi connectivity index (χ3n) is 4.60. The predicted molar refractivity (Wildman–Crippen MR) is 112 cm³/mol. The van der Waals surface area contributed by atoms with Gasteiger partial charge in [0.1, 0.15) is 0 Å². The van der Waals surface area contributed by atoms with E-state index in [1.165, 1.54) is 7.11 Å². The number of aromatic nitrogens is 1. The molecule has 0 spiro atoms. The molecule has 0 saturated heterocycles. The second-order valence-corrected chi connectivity index (χ2v) is 6.66. The Kier molecular flexibility index (Phi) is 6.24. The van der Waals surface area contributed by atoms with Gasteiger partial charge < -0.3 is 9.30 Å². The Hall–Kier alpha value is -3.67. The van der Waals surface area contributed by atoms with Crippen molar-refractivity contribution in [3.8, 4) is 5.69 Å². The van der Waals surface area contributed by atoms with Crippen LogP contribution in [-0.4, -0.2) is 29.8 Å². The van der Waals surface area contributed by atoms with E-state index in [-0.39, 0.29) is 18.3 Å². The molecule has 1 aromatic heterocycles.